The number of halogens is 1. The van der Waals surface area contributed by atoms with E-state index in [4.69, 9.17) is 0 Å². The summed E-state index contributed by atoms with van der Waals surface area (Å²) in [5.74, 6) is 0.705. The fraction of sp³-hybridized carbons (Fsp3) is 0.500. The van der Waals surface area contributed by atoms with Gasteiger partial charge in [0.25, 0.3) is 0 Å². The van der Waals surface area contributed by atoms with E-state index >= 15 is 0 Å². The number of hydrogen-bond acceptors (Lipinski definition) is 2. The summed E-state index contributed by atoms with van der Waals surface area (Å²) in [7, 11) is 0. The van der Waals surface area contributed by atoms with Crippen LogP contribution >= 0.6 is 15.9 Å². The average molecular weight is 311 g/mol. The van der Waals surface area contributed by atoms with E-state index in [9.17, 15) is 4.79 Å². The zero-order chi connectivity index (χ0) is 13.0. The van der Waals surface area contributed by atoms with Crippen molar-refractivity contribution < 1.29 is 4.79 Å². The number of carbonyl (C=O) groups is 1. The van der Waals surface area contributed by atoms with Crippen molar-refractivity contribution in [1.29, 1.82) is 0 Å². The Morgan fingerprint density at radius 2 is 2.28 bits per heavy atom. The van der Waals surface area contributed by atoms with E-state index < -0.39 is 0 Å². The zero-order valence-corrected chi connectivity index (χ0v) is 12.2. The molecule has 1 aromatic carbocycles. The van der Waals surface area contributed by atoms with Gasteiger partial charge in [0.2, 0.25) is 5.91 Å². The van der Waals surface area contributed by atoms with Gasteiger partial charge in [-0.25, -0.2) is 0 Å². The molecule has 1 fully saturated rings. The van der Waals surface area contributed by atoms with Crippen LogP contribution in [0.2, 0.25) is 0 Å². The molecule has 2 unspecified atom stereocenters. The van der Waals surface area contributed by atoms with Gasteiger partial charge >= 0.3 is 0 Å². The SMILES string of the molecule is CC1CCCC1NCC(=O)Nc1cccc(Br)c1. The second-order valence-electron chi connectivity index (χ2n) is 4.95. The molecule has 2 rings (SSSR count). The lowest BCUT2D eigenvalue weighted by molar-refractivity contribution is -0.115. The van der Waals surface area contributed by atoms with E-state index in [1.54, 1.807) is 0 Å². The van der Waals surface area contributed by atoms with Crippen LogP contribution in [0, 0.1) is 5.92 Å². The third kappa shape index (κ3) is 3.82. The van der Waals surface area contributed by atoms with Crippen molar-refractivity contribution in [2.24, 2.45) is 5.92 Å². The summed E-state index contributed by atoms with van der Waals surface area (Å²) in [6.45, 7) is 2.64. The number of nitrogens with one attached hydrogen (secondary N) is 2. The van der Waals surface area contributed by atoms with E-state index in [2.05, 4.69) is 33.5 Å². The Kier molecular flexibility index (Phi) is 4.78. The zero-order valence-electron chi connectivity index (χ0n) is 10.6. The van der Waals surface area contributed by atoms with Crippen LogP contribution in [0.3, 0.4) is 0 Å². The maximum Gasteiger partial charge on any atom is 0.238 e. The summed E-state index contributed by atoms with van der Waals surface area (Å²) in [6.07, 6.45) is 3.72. The monoisotopic (exact) mass is 310 g/mol. The van der Waals surface area contributed by atoms with E-state index in [1.165, 1.54) is 19.3 Å². The molecule has 0 bridgehead atoms. The van der Waals surface area contributed by atoms with Crippen LogP contribution in [-0.2, 0) is 4.79 Å². The van der Waals surface area contributed by atoms with E-state index in [-0.39, 0.29) is 5.91 Å². The van der Waals surface area contributed by atoms with Crippen molar-refractivity contribution in [2.45, 2.75) is 32.2 Å². The normalized spacial score (nSPS) is 23.0. The highest BCUT2D eigenvalue weighted by atomic mass is 79.9. The first kappa shape index (κ1) is 13.6. The second kappa shape index (κ2) is 6.34. The van der Waals surface area contributed by atoms with Crippen molar-refractivity contribution in [3.8, 4) is 0 Å². The molecular formula is C14H19BrN2O. The van der Waals surface area contributed by atoms with Crippen molar-refractivity contribution in [3.05, 3.63) is 28.7 Å². The molecule has 18 heavy (non-hydrogen) atoms. The Labute approximate surface area is 116 Å². The molecule has 0 saturated heterocycles. The fourth-order valence-electron chi connectivity index (χ4n) is 2.44. The number of carbonyl (C=O) groups excluding carboxylic acids is 1. The lowest BCUT2D eigenvalue weighted by atomic mass is 10.1. The summed E-state index contributed by atoms with van der Waals surface area (Å²) in [5.41, 5.74) is 0.829. The largest absolute Gasteiger partial charge is 0.325 e. The van der Waals surface area contributed by atoms with Crippen LogP contribution in [-0.4, -0.2) is 18.5 Å². The molecule has 2 N–H and O–H groups in total. The first-order valence-electron chi connectivity index (χ1n) is 6.44. The highest BCUT2D eigenvalue weighted by molar-refractivity contribution is 9.10. The van der Waals surface area contributed by atoms with Crippen molar-refractivity contribution >= 4 is 27.5 Å². The average Bonchev–Trinajstić information content (AvgIpc) is 2.72. The van der Waals surface area contributed by atoms with Crippen LogP contribution in [0.15, 0.2) is 28.7 Å². The van der Waals surface area contributed by atoms with Crippen LogP contribution < -0.4 is 10.6 Å². The van der Waals surface area contributed by atoms with Gasteiger partial charge in [-0.3, -0.25) is 4.79 Å². The standard InChI is InChI=1S/C14H19BrN2O/c1-10-4-2-7-13(10)16-9-14(18)17-12-6-3-5-11(15)8-12/h3,5-6,8,10,13,16H,2,4,7,9H2,1H3,(H,17,18). The van der Waals surface area contributed by atoms with Gasteiger partial charge in [-0.05, 0) is 37.0 Å². The molecule has 1 saturated carbocycles. The molecule has 0 aliphatic heterocycles. The topological polar surface area (TPSA) is 41.1 Å². The van der Waals surface area contributed by atoms with Gasteiger partial charge in [-0.1, -0.05) is 35.3 Å². The predicted octanol–water partition coefficient (Wildman–Crippen LogP) is 3.17. The van der Waals surface area contributed by atoms with E-state index in [1.807, 2.05) is 24.3 Å². The van der Waals surface area contributed by atoms with Crippen molar-refractivity contribution in [2.75, 3.05) is 11.9 Å². The first-order valence-corrected chi connectivity index (χ1v) is 7.23. The number of benzene rings is 1. The number of rotatable bonds is 4. The van der Waals surface area contributed by atoms with Crippen molar-refractivity contribution in [1.82, 2.24) is 5.32 Å². The Bertz CT molecular complexity index is 422. The summed E-state index contributed by atoms with van der Waals surface area (Å²) in [5, 5.41) is 6.23. The van der Waals surface area contributed by atoms with Gasteiger partial charge in [-0.2, -0.15) is 0 Å². The molecule has 3 nitrogen and oxygen atoms in total. The van der Waals surface area contributed by atoms with Gasteiger partial charge in [0.15, 0.2) is 0 Å². The quantitative estimate of drug-likeness (QED) is 0.897. The van der Waals surface area contributed by atoms with Gasteiger partial charge in [0, 0.05) is 16.2 Å². The second-order valence-corrected chi connectivity index (χ2v) is 5.87. The predicted molar refractivity (Wildman–Crippen MR) is 77.6 cm³/mol. The highest BCUT2D eigenvalue weighted by Gasteiger charge is 2.23. The molecule has 4 heteroatoms. The molecule has 0 aromatic heterocycles. The molecule has 1 amide bonds. The molecule has 1 aliphatic carbocycles. The Morgan fingerprint density at radius 3 is 2.94 bits per heavy atom. The van der Waals surface area contributed by atoms with E-state index in [0.717, 1.165) is 10.2 Å². The molecule has 1 aromatic rings. The molecule has 1 aliphatic rings. The molecule has 0 radical (unpaired) electrons. The van der Waals surface area contributed by atoms with Gasteiger partial charge in [0.05, 0.1) is 6.54 Å². The minimum absolute atomic E-state index is 0.0206. The molecule has 98 valence electrons. The fourth-order valence-corrected chi connectivity index (χ4v) is 2.84. The summed E-state index contributed by atoms with van der Waals surface area (Å²) in [4.78, 5) is 11.8. The first-order chi connectivity index (χ1) is 8.65. The van der Waals surface area contributed by atoms with Crippen LogP contribution in [0.25, 0.3) is 0 Å². The van der Waals surface area contributed by atoms with Crippen molar-refractivity contribution in [3.63, 3.8) is 0 Å². The Morgan fingerprint density at radius 1 is 1.44 bits per heavy atom. The lowest BCUT2D eigenvalue weighted by Crippen LogP contribution is -2.37. The summed E-state index contributed by atoms with van der Waals surface area (Å²) >= 11 is 3.39. The maximum absolute atomic E-state index is 11.8. The molecule has 2 atom stereocenters. The number of hydrogen-bond donors (Lipinski definition) is 2. The maximum atomic E-state index is 11.8. The van der Waals surface area contributed by atoms with E-state index in [0.29, 0.717) is 18.5 Å². The third-order valence-corrected chi connectivity index (χ3v) is 3.99. The Hall–Kier alpha value is -0.870. The van der Waals surface area contributed by atoms with Crippen LogP contribution in [0.5, 0.6) is 0 Å². The summed E-state index contributed by atoms with van der Waals surface area (Å²) in [6, 6.07) is 8.13. The molecule has 0 heterocycles. The van der Waals surface area contributed by atoms with Gasteiger partial charge in [-0.15, -0.1) is 0 Å². The minimum Gasteiger partial charge on any atom is -0.325 e. The minimum atomic E-state index is 0.0206. The number of anilines is 1. The van der Waals surface area contributed by atoms with Crippen LogP contribution in [0.4, 0.5) is 5.69 Å². The third-order valence-electron chi connectivity index (χ3n) is 3.49. The highest BCUT2D eigenvalue weighted by Crippen LogP contribution is 2.24. The number of amides is 1. The van der Waals surface area contributed by atoms with Gasteiger partial charge < -0.3 is 10.6 Å². The molecule has 0 spiro atoms. The lowest BCUT2D eigenvalue weighted by Gasteiger charge is -2.16. The molecular weight excluding hydrogens is 292 g/mol. The summed E-state index contributed by atoms with van der Waals surface area (Å²) < 4.78 is 0.970. The van der Waals surface area contributed by atoms with Crippen LogP contribution in [0.1, 0.15) is 26.2 Å². The van der Waals surface area contributed by atoms with Gasteiger partial charge in [0.1, 0.15) is 0 Å². The smallest absolute Gasteiger partial charge is 0.238 e. The Balaban J connectivity index is 1.78.